The van der Waals surface area contributed by atoms with Crippen molar-refractivity contribution in [1.82, 2.24) is 5.32 Å². The van der Waals surface area contributed by atoms with Gasteiger partial charge in [0.2, 0.25) is 5.91 Å². The SMILES string of the molecule is CC(C)OCC(=O)NCc1cccc(N)c1. The Morgan fingerprint density at radius 1 is 1.50 bits per heavy atom. The third kappa shape index (κ3) is 4.79. The van der Waals surface area contributed by atoms with Crippen LogP contribution in [0.4, 0.5) is 5.69 Å². The molecule has 1 rings (SSSR count). The average molecular weight is 222 g/mol. The fourth-order valence-electron chi connectivity index (χ4n) is 1.20. The number of benzene rings is 1. The number of nitrogens with two attached hydrogens (primary N) is 1. The lowest BCUT2D eigenvalue weighted by Gasteiger charge is -2.08. The molecule has 0 aliphatic rings. The van der Waals surface area contributed by atoms with Gasteiger partial charge < -0.3 is 15.8 Å². The number of nitrogen functional groups attached to an aromatic ring is 1. The van der Waals surface area contributed by atoms with Gasteiger partial charge in [-0.25, -0.2) is 0 Å². The summed E-state index contributed by atoms with van der Waals surface area (Å²) in [6, 6.07) is 7.43. The van der Waals surface area contributed by atoms with E-state index in [0.717, 1.165) is 5.56 Å². The predicted octanol–water partition coefficient (Wildman–Crippen LogP) is 1.31. The van der Waals surface area contributed by atoms with E-state index in [-0.39, 0.29) is 18.6 Å². The van der Waals surface area contributed by atoms with Gasteiger partial charge in [-0.3, -0.25) is 4.79 Å². The topological polar surface area (TPSA) is 64.3 Å². The van der Waals surface area contributed by atoms with E-state index in [2.05, 4.69) is 5.32 Å². The highest BCUT2D eigenvalue weighted by Crippen LogP contribution is 2.05. The van der Waals surface area contributed by atoms with Crippen LogP contribution < -0.4 is 11.1 Å². The van der Waals surface area contributed by atoms with E-state index in [1.807, 2.05) is 38.1 Å². The molecule has 4 heteroatoms. The number of carbonyl (C=O) groups is 1. The molecule has 1 aromatic carbocycles. The molecule has 3 N–H and O–H groups in total. The molecule has 88 valence electrons. The first-order valence-corrected chi connectivity index (χ1v) is 5.30. The number of hydrogen-bond donors (Lipinski definition) is 2. The molecule has 0 aliphatic carbocycles. The van der Waals surface area contributed by atoms with Crippen molar-refractivity contribution < 1.29 is 9.53 Å². The van der Waals surface area contributed by atoms with Crippen molar-refractivity contribution >= 4 is 11.6 Å². The Morgan fingerprint density at radius 2 is 2.25 bits per heavy atom. The van der Waals surface area contributed by atoms with Gasteiger partial charge in [-0.1, -0.05) is 12.1 Å². The van der Waals surface area contributed by atoms with Crippen molar-refractivity contribution in [2.24, 2.45) is 0 Å². The first kappa shape index (κ1) is 12.5. The fourth-order valence-corrected chi connectivity index (χ4v) is 1.20. The lowest BCUT2D eigenvalue weighted by Crippen LogP contribution is -2.28. The highest BCUT2D eigenvalue weighted by atomic mass is 16.5. The van der Waals surface area contributed by atoms with Gasteiger partial charge in [0.15, 0.2) is 0 Å². The summed E-state index contributed by atoms with van der Waals surface area (Å²) in [4.78, 5) is 11.3. The summed E-state index contributed by atoms with van der Waals surface area (Å²) in [6.07, 6.45) is 0.0677. The zero-order valence-corrected chi connectivity index (χ0v) is 9.69. The second-order valence-corrected chi connectivity index (χ2v) is 3.88. The quantitative estimate of drug-likeness (QED) is 0.738. The Bertz CT molecular complexity index is 351. The van der Waals surface area contributed by atoms with Crippen LogP contribution in [-0.2, 0) is 16.1 Å². The molecule has 0 saturated carbocycles. The summed E-state index contributed by atoms with van der Waals surface area (Å²) < 4.78 is 5.18. The molecular formula is C12H18N2O2. The maximum Gasteiger partial charge on any atom is 0.246 e. The molecular weight excluding hydrogens is 204 g/mol. The first-order chi connectivity index (χ1) is 7.58. The summed E-state index contributed by atoms with van der Waals surface area (Å²) in [5, 5.41) is 2.76. The zero-order chi connectivity index (χ0) is 12.0. The van der Waals surface area contributed by atoms with Gasteiger partial charge in [0.05, 0.1) is 6.10 Å². The van der Waals surface area contributed by atoms with Gasteiger partial charge in [-0.15, -0.1) is 0 Å². The van der Waals surface area contributed by atoms with Gasteiger partial charge >= 0.3 is 0 Å². The van der Waals surface area contributed by atoms with Crippen LogP contribution in [0.5, 0.6) is 0 Å². The van der Waals surface area contributed by atoms with Crippen molar-refractivity contribution in [3.8, 4) is 0 Å². The molecule has 1 aromatic rings. The number of anilines is 1. The molecule has 0 bridgehead atoms. The molecule has 1 amide bonds. The molecule has 0 spiro atoms. The van der Waals surface area contributed by atoms with Crippen molar-refractivity contribution in [1.29, 1.82) is 0 Å². The van der Waals surface area contributed by atoms with E-state index in [1.54, 1.807) is 0 Å². The highest BCUT2D eigenvalue weighted by molar-refractivity contribution is 5.77. The van der Waals surface area contributed by atoms with Crippen LogP contribution in [-0.4, -0.2) is 18.6 Å². The third-order valence-electron chi connectivity index (χ3n) is 1.99. The maximum atomic E-state index is 11.3. The summed E-state index contributed by atoms with van der Waals surface area (Å²) in [6.45, 7) is 4.36. The third-order valence-corrected chi connectivity index (χ3v) is 1.99. The number of hydrogen-bond acceptors (Lipinski definition) is 3. The van der Waals surface area contributed by atoms with Crippen LogP contribution in [0.25, 0.3) is 0 Å². The number of carbonyl (C=O) groups excluding carboxylic acids is 1. The molecule has 0 heterocycles. The van der Waals surface area contributed by atoms with E-state index >= 15 is 0 Å². The minimum absolute atomic E-state index is 0.0677. The van der Waals surface area contributed by atoms with Crippen LogP contribution in [0.15, 0.2) is 24.3 Å². The van der Waals surface area contributed by atoms with E-state index in [1.165, 1.54) is 0 Å². The van der Waals surface area contributed by atoms with Gasteiger partial charge in [-0.05, 0) is 31.5 Å². The lowest BCUT2D eigenvalue weighted by molar-refractivity contribution is -0.127. The maximum absolute atomic E-state index is 11.3. The van der Waals surface area contributed by atoms with E-state index < -0.39 is 0 Å². The molecule has 16 heavy (non-hydrogen) atoms. The Morgan fingerprint density at radius 3 is 2.88 bits per heavy atom. The smallest absolute Gasteiger partial charge is 0.246 e. The summed E-state index contributed by atoms with van der Waals surface area (Å²) >= 11 is 0. The van der Waals surface area contributed by atoms with Crippen molar-refractivity contribution in [2.45, 2.75) is 26.5 Å². The summed E-state index contributed by atoms with van der Waals surface area (Å²) in [7, 11) is 0. The average Bonchev–Trinajstić information content (AvgIpc) is 2.23. The molecule has 0 atom stereocenters. The summed E-state index contributed by atoms with van der Waals surface area (Å²) in [5.74, 6) is -0.115. The first-order valence-electron chi connectivity index (χ1n) is 5.30. The van der Waals surface area contributed by atoms with Gasteiger partial charge in [-0.2, -0.15) is 0 Å². The second kappa shape index (κ2) is 6.12. The van der Waals surface area contributed by atoms with E-state index in [4.69, 9.17) is 10.5 Å². The summed E-state index contributed by atoms with van der Waals surface area (Å²) in [5.41, 5.74) is 7.31. The van der Waals surface area contributed by atoms with Crippen molar-refractivity contribution in [2.75, 3.05) is 12.3 Å². The molecule has 0 aromatic heterocycles. The molecule has 4 nitrogen and oxygen atoms in total. The second-order valence-electron chi connectivity index (χ2n) is 3.88. The van der Waals surface area contributed by atoms with Crippen molar-refractivity contribution in [3.63, 3.8) is 0 Å². The Kier molecular flexibility index (Phi) is 4.79. The van der Waals surface area contributed by atoms with Crippen LogP contribution in [0.2, 0.25) is 0 Å². The van der Waals surface area contributed by atoms with Gasteiger partial charge in [0.25, 0.3) is 0 Å². The molecule has 0 aliphatic heterocycles. The Labute approximate surface area is 95.8 Å². The van der Waals surface area contributed by atoms with Gasteiger partial charge in [0, 0.05) is 12.2 Å². The standard InChI is InChI=1S/C12H18N2O2/c1-9(2)16-8-12(15)14-7-10-4-3-5-11(13)6-10/h3-6,9H,7-8,13H2,1-2H3,(H,14,15). The Hall–Kier alpha value is -1.55. The Balaban J connectivity index is 2.31. The number of ether oxygens (including phenoxy) is 1. The number of nitrogens with one attached hydrogen (secondary N) is 1. The normalized spacial score (nSPS) is 10.4. The molecule has 0 unspecified atom stereocenters. The lowest BCUT2D eigenvalue weighted by atomic mass is 10.2. The molecule has 0 radical (unpaired) electrons. The number of amides is 1. The van der Waals surface area contributed by atoms with Crippen molar-refractivity contribution in [3.05, 3.63) is 29.8 Å². The fraction of sp³-hybridized carbons (Fsp3) is 0.417. The highest BCUT2D eigenvalue weighted by Gasteiger charge is 2.02. The predicted molar refractivity (Wildman–Crippen MR) is 63.8 cm³/mol. The van der Waals surface area contributed by atoms with Crippen LogP contribution >= 0.6 is 0 Å². The zero-order valence-electron chi connectivity index (χ0n) is 9.69. The number of rotatable bonds is 5. The minimum atomic E-state index is -0.115. The largest absolute Gasteiger partial charge is 0.399 e. The molecule has 0 saturated heterocycles. The van der Waals surface area contributed by atoms with Crippen LogP contribution in [0, 0.1) is 0 Å². The monoisotopic (exact) mass is 222 g/mol. The molecule has 0 fully saturated rings. The van der Waals surface area contributed by atoms with Crippen LogP contribution in [0.1, 0.15) is 19.4 Å². The van der Waals surface area contributed by atoms with Crippen LogP contribution in [0.3, 0.4) is 0 Å². The van der Waals surface area contributed by atoms with E-state index in [9.17, 15) is 4.79 Å². The van der Waals surface area contributed by atoms with E-state index in [0.29, 0.717) is 12.2 Å². The van der Waals surface area contributed by atoms with Gasteiger partial charge in [0.1, 0.15) is 6.61 Å². The minimum Gasteiger partial charge on any atom is -0.399 e.